The van der Waals surface area contributed by atoms with Crippen LogP contribution in [0, 0.1) is 0 Å². The number of hydrogen-bond donors (Lipinski definition) is 3. The van der Waals surface area contributed by atoms with Crippen LogP contribution in [0.4, 0.5) is 5.69 Å². The van der Waals surface area contributed by atoms with Crippen molar-refractivity contribution in [2.24, 2.45) is 0 Å². The van der Waals surface area contributed by atoms with Crippen molar-refractivity contribution < 1.29 is 19.8 Å². The van der Waals surface area contributed by atoms with Crippen molar-refractivity contribution in [3.8, 4) is 0 Å². The van der Waals surface area contributed by atoms with Gasteiger partial charge in [-0.3, -0.25) is 4.90 Å². The molecule has 0 spiro atoms. The second kappa shape index (κ2) is 13.5. The number of H-pyrrole nitrogens is 1. The first kappa shape index (κ1) is 29.2. The van der Waals surface area contributed by atoms with E-state index in [1.54, 1.807) is 0 Å². The zero-order valence-electron chi connectivity index (χ0n) is 23.1. The predicted molar refractivity (Wildman–Crippen MR) is 170 cm³/mol. The molecule has 0 saturated carbocycles. The predicted octanol–water partition coefficient (Wildman–Crippen LogP) is 6.01. The summed E-state index contributed by atoms with van der Waals surface area (Å²) < 4.78 is 3.51. The maximum absolute atomic E-state index is 9.55. The first-order valence-corrected chi connectivity index (χ1v) is 14.7. The van der Waals surface area contributed by atoms with E-state index in [-0.39, 0.29) is 0 Å². The van der Waals surface area contributed by atoms with E-state index in [1.807, 2.05) is 0 Å². The van der Waals surface area contributed by atoms with Gasteiger partial charge in [-0.05, 0) is 53.9 Å². The van der Waals surface area contributed by atoms with Crippen LogP contribution in [0.15, 0.2) is 102 Å². The van der Waals surface area contributed by atoms with E-state index in [1.165, 1.54) is 38.6 Å². The number of rotatable bonds is 8. The number of anilines is 1. The molecule has 0 radical (unpaired) electrons. The van der Waals surface area contributed by atoms with Gasteiger partial charge in [-0.1, -0.05) is 52.3 Å². The first-order chi connectivity index (χ1) is 20.4. The van der Waals surface area contributed by atoms with Crippen LogP contribution in [0.5, 0.6) is 0 Å². The molecule has 1 fully saturated rings. The summed E-state index contributed by atoms with van der Waals surface area (Å²) in [5, 5.41) is 18.3. The Kier molecular flexibility index (Phi) is 9.41. The van der Waals surface area contributed by atoms with Gasteiger partial charge in [0.25, 0.3) is 0 Å². The van der Waals surface area contributed by atoms with Gasteiger partial charge < -0.3 is 24.7 Å². The van der Waals surface area contributed by atoms with Gasteiger partial charge in [0.2, 0.25) is 0 Å². The number of aliphatic carboxylic acids is 2. The summed E-state index contributed by atoms with van der Waals surface area (Å²) in [6.45, 7) is 6.36. The summed E-state index contributed by atoms with van der Waals surface area (Å²) >= 11 is 3.61. The third-order valence-corrected chi connectivity index (χ3v) is 7.99. The van der Waals surface area contributed by atoms with E-state index >= 15 is 0 Å². The second-order valence-electron chi connectivity index (χ2n) is 10.2. The number of benzene rings is 3. The van der Waals surface area contributed by atoms with Gasteiger partial charge in [-0.25, -0.2) is 9.59 Å². The Balaban J connectivity index is 0.000000390. The highest BCUT2D eigenvalue weighted by Crippen LogP contribution is 2.29. The fraction of sp³-hybridized carbons (Fsp3) is 0.212. The number of carboxylic acid groups (broad SMARTS) is 2. The molecule has 216 valence electrons. The molecule has 9 heteroatoms. The molecular weight excluding hydrogens is 596 g/mol. The highest BCUT2D eigenvalue weighted by Gasteiger charge is 2.19. The molecule has 6 rings (SSSR count). The number of carboxylic acids is 2. The number of aromatic nitrogens is 2. The van der Waals surface area contributed by atoms with Gasteiger partial charge in [-0.2, -0.15) is 0 Å². The standard InChI is InChI=1S/C29H29BrN4.C4H4O4/c30-24-9-10-27-26(19-24)23(20-31-27)11-13-32-15-17-33(18-16-32)28-7-4-8-29-25(28)12-14-34(29)21-22-5-2-1-3-6-22;5-3(6)1-2-4(7)8/h1-10,12,14,19-20,31H,11,13,15-18,21H2;1-2H,(H,5,6)(H,7,8)/b;2-1+. The van der Waals surface area contributed by atoms with Crippen LogP contribution in [0.25, 0.3) is 21.8 Å². The molecule has 2 aromatic heterocycles. The van der Waals surface area contributed by atoms with Crippen molar-refractivity contribution in [1.29, 1.82) is 0 Å². The van der Waals surface area contributed by atoms with Crippen LogP contribution in [0.2, 0.25) is 0 Å². The Morgan fingerprint density at radius 2 is 1.60 bits per heavy atom. The van der Waals surface area contributed by atoms with E-state index in [4.69, 9.17) is 10.2 Å². The molecule has 3 heterocycles. The normalized spacial score (nSPS) is 13.9. The van der Waals surface area contributed by atoms with Crippen molar-refractivity contribution >= 4 is 55.4 Å². The van der Waals surface area contributed by atoms with Crippen LogP contribution < -0.4 is 4.90 Å². The minimum absolute atomic E-state index is 0.558. The average molecular weight is 630 g/mol. The lowest BCUT2D eigenvalue weighted by molar-refractivity contribution is -0.134. The topological polar surface area (TPSA) is 102 Å². The minimum Gasteiger partial charge on any atom is -0.478 e. The molecule has 1 aliphatic rings. The van der Waals surface area contributed by atoms with Crippen LogP contribution in [-0.2, 0) is 22.6 Å². The SMILES string of the molecule is Brc1ccc2[nH]cc(CCN3CCN(c4cccc5c4ccn5Cc4ccccc4)CC3)c2c1.O=C(O)/C=C/C(=O)O. The number of piperazine rings is 1. The fourth-order valence-corrected chi connectivity index (χ4v) is 5.75. The summed E-state index contributed by atoms with van der Waals surface area (Å²) in [7, 11) is 0. The van der Waals surface area contributed by atoms with Crippen LogP contribution in [0.1, 0.15) is 11.1 Å². The smallest absolute Gasteiger partial charge is 0.328 e. The molecule has 0 unspecified atom stereocenters. The van der Waals surface area contributed by atoms with E-state index < -0.39 is 11.9 Å². The van der Waals surface area contributed by atoms with Gasteiger partial charge in [0.05, 0.1) is 5.52 Å². The lowest BCUT2D eigenvalue weighted by Crippen LogP contribution is -2.47. The molecule has 0 atom stereocenters. The summed E-state index contributed by atoms with van der Waals surface area (Å²) in [5.41, 5.74) is 6.64. The monoisotopic (exact) mass is 628 g/mol. The molecule has 8 nitrogen and oxygen atoms in total. The van der Waals surface area contributed by atoms with E-state index in [2.05, 4.69) is 120 Å². The number of aromatic amines is 1. The average Bonchev–Trinajstić information content (AvgIpc) is 3.60. The van der Waals surface area contributed by atoms with Crippen molar-refractivity contribution in [2.75, 3.05) is 37.6 Å². The van der Waals surface area contributed by atoms with Gasteiger partial charge in [0, 0.05) is 90.3 Å². The molecule has 0 aliphatic carbocycles. The molecule has 0 amide bonds. The van der Waals surface area contributed by atoms with E-state index in [0.717, 1.165) is 50.2 Å². The van der Waals surface area contributed by atoms with Crippen LogP contribution in [-0.4, -0.2) is 69.3 Å². The number of halogens is 1. The quantitative estimate of drug-likeness (QED) is 0.182. The van der Waals surface area contributed by atoms with Crippen molar-refractivity contribution in [1.82, 2.24) is 14.5 Å². The second-order valence-corrected chi connectivity index (χ2v) is 11.1. The third-order valence-electron chi connectivity index (χ3n) is 7.49. The fourth-order valence-electron chi connectivity index (χ4n) is 5.39. The number of hydrogen-bond acceptors (Lipinski definition) is 4. The number of carbonyl (C=O) groups is 2. The highest BCUT2D eigenvalue weighted by atomic mass is 79.9. The molecule has 0 bridgehead atoms. The van der Waals surface area contributed by atoms with Gasteiger partial charge in [-0.15, -0.1) is 0 Å². The number of nitrogens with one attached hydrogen (secondary N) is 1. The molecule has 3 N–H and O–H groups in total. The lowest BCUT2D eigenvalue weighted by atomic mass is 10.1. The Morgan fingerprint density at radius 3 is 2.31 bits per heavy atom. The van der Waals surface area contributed by atoms with Crippen LogP contribution >= 0.6 is 15.9 Å². The summed E-state index contributed by atoms with van der Waals surface area (Å²) in [6, 6.07) is 26.2. The van der Waals surface area contributed by atoms with E-state index in [0.29, 0.717) is 12.2 Å². The number of nitrogens with zero attached hydrogens (tertiary/aromatic N) is 3. The molecular formula is C33H33BrN4O4. The summed E-state index contributed by atoms with van der Waals surface area (Å²) in [4.78, 5) is 27.7. The summed E-state index contributed by atoms with van der Waals surface area (Å²) in [5.74, 6) is -2.51. The van der Waals surface area contributed by atoms with Gasteiger partial charge in [0.1, 0.15) is 0 Å². The third kappa shape index (κ3) is 7.29. The van der Waals surface area contributed by atoms with Crippen LogP contribution in [0.3, 0.4) is 0 Å². The lowest BCUT2D eigenvalue weighted by Gasteiger charge is -2.36. The van der Waals surface area contributed by atoms with Gasteiger partial charge >= 0.3 is 11.9 Å². The zero-order valence-corrected chi connectivity index (χ0v) is 24.7. The Labute approximate surface area is 252 Å². The summed E-state index contributed by atoms with van der Waals surface area (Å²) in [6.07, 6.45) is 6.60. The maximum atomic E-state index is 9.55. The minimum atomic E-state index is -1.26. The van der Waals surface area contributed by atoms with Crippen molar-refractivity contribution in [3.05, 3.63) is 113 Å². The molecule has 5 aromatic rings. The Bertz CT molecular complexity index is 1690. The number of fused-ring (bicyclic) bond motifs is 2. The van der Waals surface area contributed by atoms with Crippen molar-refractivity contribution in [2.45, 2.75) is 13.0 Å². The highest BCUT2D eigenvalue weighted by molar-refractivity contribution is 9.10. The Morgan fingerprint density at radius 1 is 0.857 bits per heavy atom. The molecule has 1 saturated heterocycles. The maximum Gasteiger partial charge on any atom is 0.328 e. The largest absolute Gasteiger partial charge is 0.478 e. The zero-order chi connectivity index (χ0) is 29.5. The molecule has 1 aliphatic heterocycles. The molecule has 42 heavy (non-hydrogen) atoms. The molecule has 3 aromatic carbocycles. The Hall–Kier alpha value is -4.34. The van der Waals surface area contributed by atoms with E-state index in [9.17, 15) is 9.59 Å². The first-order valence-electron chi connectivity index (χ1n) is 13.9. The van der Waals surface area contributed by atoms with Crippen molar-refractivity contribution in [3.63, 3.8) is 0 Å². The van der Waals surface area contributed by atoms with Gasteiger partial charge in [0.15, 0.2) is 0 Å².